The molecule has 17 heavy (non-hydrogen) atoms. The summed E-state index contributed by atoms with van der Waals surface area (Å²) in [5.74, 6) is -1.65. The normalized spacial score (nSPS) is 24.3. The molecule has 5 nitrogen and oxygen atoms in total. The lowest BCUT2D eigenvalue weighted by atomic mass is 9.79. The van der Waals surface area contributed by atoms with E-state index in [2.05, 4.69) is 45.8 Å². The second-order valence-corrected chi connectivity index (χ2v) is 6.28. The van der Waals surface area contributed by atoms with E-state index in [4.69, 9.17) is 5.73 Å². The van der Waals surface area contributed by atoms with Gasteiger partial charge in [0.25, 0.3) is 0 Å². The predicted molar refractivity (Wildman–Crippen MR) is 69.3 cm³/mol. The van der Waals surface area contributed by atoms with Crippen LogP contribution >= 0.6 is 12.8 Å². The van der Waals surface area contributed by atoms with Gasteiger partial charge in [-0.1, -0.05) is 12.8 Å². The van der Waals surface area contributed by atoms with Crippen molar-refractivity contribution in [1.82, 2.24) is 9.62 Å². The second-order valence-electron chi connectivity index (χ2n) is 5.88. The zero-order valence-corrected chi connectivity index (χ0v) is 11.7. The molecule has 3 N–H and O–H groups in total. The first-order valence-corrected chi connectivity index (χ1v) is 6.06. The van der Waals surface area contributed by atoms with E-state index in [0.29, 0.717) is 0 Å². The van der Waals surface area contributed by atoms with E-state index in [0.717, 1.165) is 12.8 Å². The minimum absolute atomic E-state index is 0.0524. The number of hydrogen-bond acceptors (Lipinski definition) is 4. The summed E-state index contributed by atoms with van der Waals surface area (Å²) in [6, 6.07) is -0.0524. The molecule has 0 aliphatic carbocycles. The van der Waals surface area contributed by atoms with E-state index >= 15 is 0 Å². The first-order valence-electron chi connectivity index (χ1n) is 5.66. The number of nitrogens with zero attached hydrogens (tertiary/aromatic N) is 1. The number of nitrogens with one attached hydrogen (secondary N) is 1. The van der Waals surface area contributed by atoms with E-state index in [1.54, 1.807) is 0 Å². The SMILES string of the molecule is CC1(C)CC(NC(=O)C(N)=O)CC(C)(C)N1S. The molecule has 0 spiro atoms. The number of rotatable bonds is 1. The van der Waals surface area contributed by atoms with E-state index in [9.17, 15) is 9.59 Å². The molecule has 1 rings (SSSR count). The monoisotopic (exact) mass is 259 g/mol. The molecule has 0 atom stereocenters. The van der Waals surface area contributed by atoms with Crippen LogP contribution in [0.25, 0.3) is 0 Å². The Bertz CT molecular complexity index is 324. The van der Waals surface area contributed by atoms with E-state index < -0.39 is 11.8 Å². The number of thiol groups is 1. The molecule has 0 unspecified atom stereocenters. The summed E-state index contributed by atoms with van der Waals surface area (Å²) in [6.45, 7) is 8.24. The zero-order valence-electron chi connectivity index (χ0n) is 10.8. The molecule has 0 aromatic carbocycles. The Morgan fingerprint density at radius 3 is 2.00 bits per heavy atom. The highest BCUT2D eigenvalue weighted by molar-refractivity contribution is 7.77. The number of amides is 2. The van der Waals surface area contributed by atoms with Crippen molar-refractivity contribution in [2.75, 3.05) is 0 Å². The highest BCUT2D eigenvalue weighted by Gasteiger charge is 2.44. The molecule has 0 bridgehead atoms. The summed E-state index contributed by atoms with van der Waals surface area (Å²) in [5, 5.41) is 2.68. The highest BCUT2D eigenvalue weighted by Crippen LogP contribution is 2.39. The molecular formula is C11H21N3O2S. The van der Waals surface area contributed by atoms with Gasteiger partial charge in [-0.05, 0) is 40.5 Å². The molecule has 1 aliphatic heterocycles. The standard InChI is InChI=1S/C11H21N3O2S/c1-10(2)5-7(13-9(16)8(12)15)6-11(3,4)14(10)17/h7,17H,5-6H2,1-4H3,(H2,12,15)(H,13,16). The number of primary amides is 1. The fourth-order valence-corrected chi connectivity index (χ4v) is 2.79. The van der Waals surface area contributed by atoms with Crippen LogP contribution in [0.4, 0.5) is 0 Å². The van der Waals surface area contributed by atoms with Crippen LogP contribution in [0, 0.1) is 0 Å². The number of carbonyl (C=O) groups is 2. The summed E-state index contributed by atoms with van der Waals surface area (Å²) in [4.78, 5) is 22.0. The van der Waals surface area contributed by atoms with Gasteiger partial charge in [-0.15, -0.1) is 0 Å². The molecule has 1 saturated heterocycles. The number of carbonyl (C=O) groups excluding carboxylic acids is 2. The molecule has 0 radical (unpaired) electrons. The lowest BCUT2D eigenvalue weighted by molar-refractivity contribution is -0.138. The largest absolute Gasteiger partial charge is 0.361 e. The van der Waals surface area contributed by atoms with E-state index in [1.807, 2.05) is 4.31 Å². The Morgan fingerprint density at radius 2 is 1.65 bits per heavy atom. The lowest BCUT2D eigenvalue weighted by Crippen LogP contribution is -2.61. The van der Waals surface area contributed by atoms with Crippen LogP contribution in [-0.4, -0.2) is 33.2 Å². The Labute approximate surface area is 108 Å². The minimum Gasteiger partial charge on any atom is -0.361 e. The average Bonchev–Trinajstić information content (AvgIpc) is 2.12. The average molecular weight is 259 g/mol. The van der Waals surface area contributed by atoms with Gasteiger partial charge in [-0.25, -0.2) is 4.31 Å². The number of hydrogen-bond donors (Lipinski definition) is 3. The van der Waals surface area contributed by atoms with Crippen molar-refractivity contribution in [2.45, 2.75) is 57.7 Å². The van der Waals surface area contributed by atoms with Gasteiger partial charge in [-0.2, -0.15) is 0 Å². The van der Waals surface area contributed by atoms with Crippen molar-refractivity contribution in [3.8, 4) is 0 Å². The maximum atomic E-state index is 11.3. The van der Waals surface area contributed by atoms with Crippen LogP contribution in [0.1, 0.15) is 40.5 Å². The first kappa shape index (κ1) is 14.3. The molecule has 1 heterocycles. The highest BCUT2D eigenvalue weighted by atomic mass is 32.1. The van der Waals surface area contributed by atoms with Crippen LogP contribution in [0.5, 0.6) is 0 Å². The molecule has 0 aromatic heterocycles. The number of nitrogens with two attached hydrogens (primary N) is 1. The Morgan fingerprint density at radius 1 is 1.24 bits per heavy atom. The minimum atomic E-state index is -0.936. The van der Waals surface area contributed by atoms with Gasteiger partial charge >= 0.3 is 11.8 Å². The molecular weight excluding hydrogens is 238 g/mol. The van der Waals surface area contributed by atoms with Crippen LogP contribution in [-0.2, 0) is 9.59 Å². The van der Waals surface area contributed by atoms with Crippen LogP contribution in [0.3, 0.4) is 0 Å². The maximum Gasteiger partial charge on any atom is 0.309 e. The van der Waals surface area contributed by atoms with Crippen molar-refractivity contribution in [3.05, 3.63) is 0 Å². The van der Waals surface area contributed by atoms with Crippen molar-refractivity contribution in [2.24, 2.45) is 5.73 Å². The summed E-state index contributed by atoms with van der Waals surface area (Å²) >= 11 is 4.52. The third-order valence-corrected chi connectivity index (χ3v) is 4.28. The van der Waals surface area contributed by atoms with E-state index in [1.165, 1.54) is 0 Å². The Hall–Kier alpha value is -0.750. The molecule has 1 aliphatic rings. The van der Waals surface area contributed by atoms with Gasteiger partial charge in [-0.3, -0.25) is 9.59 Å². The molecule has 2 amide bonds. The van der Waals surface area contributed by atoms with Gasteiger partial charge in [0.15, 0.2) is 0 Å². The quantitative estimate of drug-likeness (QED) is 0.473. The molecule has 1 fully saturated rings. The summed E-state index contributed by atoms with van der Waals surface area (Å²) < 4.78 is 2.01. The zero-order chi connectivity index (χ0) is 13.4. The van der Waals surface area contributed by atoms with E-state index in [-0.39, 0.29) is 17.1 Å². The van der Waals surface area contributed by atoms with Crippen molar-refractivity contribution in [1.29, 1.82) is 0 Å². The van der Waals surface area contributed by atoms with Crippen molar-refractivity contribution < 1.29 is 9.59 Å². The number of piperidine rings is 1. The molecule has 98 valence electrons. The van der Waals surface area contributed by atoms with Gasteiger partial charge in [0.2, 0.25) is 0 Å². The second kappa shape index (κ2) is 4.49. The van der Waals surface area contributed by atoms with Crippen molar-refractivity contribution in [3.63, 3.8) is 0 Å². The fourth-order valence-electron chi connectivity index (χ4n) is 2.63. The van der Waals surface area contributed by atoms with Gasteiger partial charge in [0, 0.05) is 17.1 Å². The molecule has 0 saturated carbocycles. The first-order chi connectivity index (χ1) is 7.56. The molecule has 0 aromatic rings. The third kappa shape index (κ3) is 3.13. The smallest absolute Gasteiger partial charge is 0.309 e. The topological polar surface area (TPSA) is 75.4 Å². The Balaban J connectivity index is 2.78. The van der Waals surface area contributed by atoms with Gasteiger partial charge < -0.3 is 11.1 Å². The van der Waals surface area contributed by atoms with Gasteiger partial charge in [0.05, 0.1) is 0 Å². The summed E-state index contributed by atoms with van der Waals surface area (Å²) in [6.07, 6.45) is 1.47. The van der Waals surface area contributed by atoms with Crippen molar-refractivity contribution >= 4 is 24.6 Å². The predicted octanol–water partition coefficient (Wildman–Crippen LogP) is 0.454. The van der Waals surface area contributed by atoms with Crippen LogP contribution in [0.15, 0.2) is 0 Å². The van der Waals surface area contributed by atoms with Crippen LogP contribution in [0.2, 0.25) is 0 Å². The Kier molecular flexibility index (Phi) is 3.78. The molecule has 6 heteroatoms. The lowest BCUT2D eigenvalue weighted by Gasteiger charge is -2.52. The third-order valence-electron chi connectivity index (χ3n) is 3.20. The van der Waals surface area contributed by atoms with Crippen LogP contribution < -0.4 is 11.1 Å². The maximum absolute atomic E-state index is 11.3. The fraction of sp³-hybridized carbons (Fsp3) is 0.818. The van der Waals surface area contributed by atoms with Gasteiger partial charge in [0.1, 0.15) is 0 Å². The summed E-state index contributed by atoms with van der Waals surface area (Å²) in [5.41, 5.74) is 4.63. The summed E-state index contributed by atoms with van der Waals surface area (Å²) in [7, 11) is 0.